The Labute approximate surface area is 152 Å². The first kappa shape index (κ1) is 17.9. The summed E-state index contributed by atoms with van der Waals surface area (Å²) in [5.41, 5.74) is 1.06. The Morgan fingerprint density at radius 1 is 1.24 bits per heavy atom. The van der Waals surface area contributed by atoms with Crippen LogP contribution in [0.15, 0.2) is 18.2 Å². The zero-order valence-electron chi connectivity index (χ0n) is 14.6. The second-order valence-corrected chi connectivity index (χ2v) is 7.33. The Kier molecular flexibility index (Phi) is 5.73. The fraction of sp³-hybridized carbons (Fsp3) is 0.556. The van der Waals surface area contributed by atoms with Crippen LogP contribution in [0.5, 0.6) is 11.5 Å². The maximum atomic E-state index is 12.5. The van der Waals surface area contributed by atoms with E-state index in [2.05, 4.69) is 5.32 Å². The van der Waals surface area contributed by atoms with Crippen molar-refractivity contribution in [3.05, 3.63) is 23.8 Å². The van der Waals surface area contributed by atoms with Crippen LogP contribution in [0, 0.1) is 5.92 Å². The lowest BCUT2D eigenvalue weighted by atomic mass is 10.1. The lowest BCUT2D eigenvalue weighted by Crippen LogP contribution is -2.48. The molecule has 1 aliphatic heterocycles. The molecular formula is C18H24N2O4S. The number of methoxy groups -OCH3 is 2. The topological polar surface area (TPSA) is 67.9 Å². The predicted octanol–water partition coefficient (Wildman–Crippen LogP) is 1.67. The van der Waals surface area contributed by atoms with E-state index in [-0.39, 0.29) is 23.8 Å². The van der Waals surface area contributed by atoms with Gasteiger partial charge in [0.1, 0.15) is 6.04 Å². The summed E-state index contributed by atoms with van der Waals surface area (Å²) >= 11 is 1.64. The van der Waals surface area contributed by atoms with Crippen LogP contribution in [-0.2, 0) is 16.0 Å². The standard InChI is InChI=1S/C18H24N2O4S/c1-23-15-6-3-12(9-16(15)24-2)7-8-19-17(21)14-10-25-11-20(14)18(22)13-4-5-13/h3,6,9,13-14H,4-5,7-8,10-11H2,1-2H3,(H,19,21)/t14-/m0/s1. The number of amides is 2. The highest BCUT2D eigenvalue weighted by molar-refractivity contribution is 7.99. The smallest absolute Gasteiger partial charge is 0.243 e. The Morgan fingerprint density at radius 2 is 2.00 bits per heavy atom. The highest BCUT2D eigenvalue weighted by atomic mass is 32.2. The summed E-state index contributed by atoms with van der Waals surface area (Å²) in [6.07, 6.45) is 2.63. The van der Waals surface area contributed by atoms with Gasteiger partial charge in [-0.15, -0.1) is 11.8 Å². The highest BCUT2D eigenvalue weighted by Crippen LogP contribution is 2.34. The van der Waals surface area contributed by atoms with Gasteiger partial charge in [-0.3, -0.25) is 9.59 Å². The van der Waals surface area contributed by atoms with Crippen LogP contribution in [0.25, 0.3) is 0 Å². The quantitative estimate of drug-likeness (QED) is 0.797. The molecule has 1 saturated carbocycles. The second-order valence-electron chi connectivity index (χ2n) is 6.33. The maximum Gasteiger partial charge on any atom is 0.243 e. The van der Waals surface area contributed by atoms with Crippen molar-refractivity contribution in [2.45, 2.75) is 25.3 Å². The van der Waals surface area contributed by atoms with Gasteiger partial charge in [0.05, 0.1) is 20.1 Å². The summed E-state index contributed by atoms with van der Waals surface area (Å²) < 4.78 is 10.5. The van der Waals surface area contributed by atoms with Crippen molar-refractivity contribution < 1.29 is 19.1 Å². The van der Waals surface area contributed by atoms with Gasteiger partial charge in [0.2, 0.25) is 11.8 Å². The van der Waals surface area contributed by atoms with E-state index in [1.165, 1.54) is 0 Å². The average Bonchev–Trinajstić information content (AvgIpc) is 3.37. The third kappa shape index (κ3) is 4.21. The summed E-state index contributed by atoms with van der Waals surface area (Å²) in [4.78, 5) is 26.5. The lowest BCUT2D eigenvalue weighted by Gasteiger charge is -2.23. The van der Waals surface area contributed by atoms with E-state index in [1.54, 1.807) is 30.9 Å². The molecule has 0 bridgehead atoms. The summed E-state index contributed by atoms with van der Waals surface area (Å²) in [6.45, 7) is 0.529. The molecule has 1 heterocycles. The molecule has 25 heavy (non-hydrogen) atoms. The summed E-state index contributed by atoms with van der Waals surface area (Å²) in [5, 5.41) is 2.97. The molecule has 1 N–H and O–H groups in total. The second kappa shape index (κ2) is 7.99. The molecule has 1 saturated heterocycles. The lowest BCUT2D eigenvalue weighted by molar-refractivity contribution is -0.138. The number of thioether (sulfide) groups is 1. The van der Waals surface area contributed by atoms with Crippen molar-refractivity contribution in [2.75, 3.05) is 32.4 Å². The first-order chi connectivity index (χ1) is 12.1. The number of ether oxygens (including phenoxy) is 2. The van der Waals surface area contributed by atoms with Gasteiger partial charge >= 0.3 is 0 Å². The number of benzene rings is 1. The number of rotatable bonds is 7. The van der Waals surface area contributed by atoms with E-state index < -0.39 is 0 Å². The minimum Gasteiger partial charge on any atom is -0.493 e. The van der Waals surface area contributed by atoms with Crippen LogP contribution in [0.1, 0.15) is 18.4 Å². The number of nitrogens with zero attached hydrogens (tertiary/aromatic N) is 1. The van der Waals surface area contributed by atoms with E-state index in [4.69, 9.17) is 9.47 Å². The molecule has 3 rings (SSSR count). The normalized spacial score (nSPS) is 19.6. The molecule has 1 aromatic carbocycles. The number of nitrogens with one attached hydrogen (secondary N) is 1. The molecule has 2 aliphatic rings. The van der Waals surface area contributed by atoms with Gasteiger partial charge in [0, 0.05) is 18.2 Å². The molecular weight excluding hydrogens is 340 g/mol. The zero-order chi connectivity index (χ0) is 17.8. The fourth-order valence-corrected chi connectivity index (χ4v) is 4.09. The Bertz CT molecular complexity index is 648. The number of carbonyl (C=O) groups excluding carboxylic acids is 2. The Balaban J connectivity index is 1.51. The summed E-state index contributed by atoms with van der Waals surface area (Å²) in [5.74, 6) is 2.92. The molecule has 2 fully saturated rings. The summed E-state index contributed by atoms with van der Waals surface area (Å²) in [6, 6.07) is 5.41. The summed E-state index contributed by atoms with van der Waals surface area (Å²) in [7, 11) is 3.21. The van der Waals surface area contributed by atoms with Crippen LogP contribution in [0.2, 0.25) is 0 Å². The Hall–Kier alpha value is -1.89. The molecule has 1 aliphatic carbocycles. The van der Waals surface area contributed by atoms with Gasteiger partial charge in [-0.05, 0) is 37.0 Å². The van der Waals surface area contributed by atoms with E-state index >= 15 is 0 Å². The average molecular weight is 364 g/mol. The third-order valence-electron chi connectivity index (χ3n) is 4.56. The monoisotopic (exact) mass is 364 g/mol. The molecule has 7 heteroatoms. The minimum absolute atomic E-state index is 0.0560. The van der Waals surface area contributed by atoms with E-state index in [0.29, 0.717) is 36.1 Å². The molecule has 1 atom stereocenters. The largest absolute Gasteiger partial charge is 0.493 e. The minimum atomic E-state index is -0.330. The van der Waals surface area contributed by atoms with Gasteiger partial charge < -0.3 is 19.7 Å². The number of hydrogen-bond donors (Lipinski definition) is 1. The zero-order valence-corrected chi connectivity index (χ0v) is 15.4. The highest BCUT2D eigenvalue weighted by Gasteiger charge is 2.41. The molecule has 2 amide bonds. The van der Waals surface area contributed by atoms with E-state index in [0.717, 1.165) is 18.4 Å². The van der Waals surface area contributed by atoms with Crippen LogP contribution < -0.4 is 14.8 Å². The van der Waals surface area contributed by atoms with Crippen LogP contribution >= 0.6 is 11.8 Å². The fourth-order valence-electron chi connectivity index (χ4n) is 2.93. The molecule has 0 spiro atoms. The van der Waals surface area contributed by atoms with E-state index in [1.807, 2.05) is 18.2 Å². The number of hydrogen-bond acceptors (Lipinski definition) is 5. The Morgan fingerprint density at radius 3 is 2.68 bits per heavy atom. The van der Waals surface area contributed by atoms with Gasteiger partial charge in [-0.1, -0.05) is 6.07 Å². The van der Waals surface area contributed by atoms with Gasteiger partial charge in [-0.2, -0.15) is 0 Å². The van der Waals surface area contributed by atoms with Crippen LogP contribution in [0.4, 0.5) is 0 Å². The number of carbonyl (C=O) groups is 2. The molecule has 0 aromatic heterocycles. The SMILES string of the molecule is COc1ccc(CCNC(=O)[C@@H]2CSCN2C(=O)C2CC2)cc1OC. The third-order valence-corrected chi connectivity index (χ3v) is 5.57. The van der Waals surface area contributed by atoms with Gasteiger partial charge in [-0.25, -0.2) is 0 Å². The van der Waals surface area contributed by atoms with Crippen molar-refractivity contribution in [3.8, 4) is 11.5 Å². The van der Waals surface area contributed by atoms with Crippen molar-refractivity contribution in [1.29, 1.82) is 0 Å². The predicted molar refractivity (Wildman–Crippen MR) is 96.9 cm³/mol. The molecule has 1 aromatic rings. The first-order valence-corrected chi connectivity index (χ1v) is 9.66. The maximum absolute atomic E-state index is 12.5. The van der Waals surface area contributed by atoms with Gasteiger partial charge in [0.15, 0.2) is 11.5 Å². The molecule has 6 nitrogen and oxygen atoms in total. The van der Waals surface area contributed by atoms with Crippen molar-refractivity contribution in [3.63, 3.8) is 0 Å². The van der Waals surface area contributed by atoms with Crippen LogP contribution in [-0.4, -0.2) is 55.2 Å². The first-order valence-electron chi connectivity index (χ1n) is 8.51. The molecule has 0 unspecified atom stereocenters. The van der Waals surface area contributed by atoms with Crippen LogP contribution in [0.3, 0.4) is 0 Å². The molecule has 136 valence electrons. The van der Waals surface area contributed by atoms with E-state index in [9.17, 15) is 9.59 Å². The molecule has 0 radical (unpaired) electrons. The van der Waals surface area contributed by atoms with Crippen molar-refractivity contribution >= 4 is 23.6 Å². The van der Waals surface area contributed by atoms with Crippen molar-refractivity contribution in [1.82, 2.24) is 10.2 Å². The van der Waals surface area contributed by atoms with Crippen molar-refractivity contribution in [2.24, 2.45) is 5.92 Å². The van der Waals surface area contributed by atoms with Gasteiger partial charge in [0.25, 0.3) is 0 Å².